The van der Waals surface area contributed by atoms with Gasteiger partial charge in [-0.05, 0) is 31.0 Å². The SMILES string of the molecule is Cc1ccc(N/C=C(/C#N)C(=O)NCCCC(=O)O)c(N)c1. The first kappa shape index (κ1) is 17.0. The minimum Gasteiger partial charge on any atom is -0.481 e. The number of carboxylic acids is 1. The Labute approximate surface area is 128 Å². The third-order valence-corrected chi connectivity index (χ3v) is 2.80. The number of nitrogens with zero attached hydrogens (tertiary/aromatic N) is 1. The molecule has 0 aromatic heterocycles. The van der Waals surface area contributed by atoms with Crippen molar-refractivity contribution in [2.24, 2.45) is 0 Å². The normalized spacial score (nSPS) is 10.6. The van der Waals surface area contributed by atoms with Gasteiger partial charge in [0.1, 0.15) is 11.6 Å². The van der Waals surface area contributed by atoms with Gasteiger partial charge in [-0.2, -0.15) is 5.26 Å². The van der Waals surface area contributed by atoms with Crippen LogP contribution in [0.2, 0.25) is 0 Å². The van der Waals surface area contributed by atoms with Gasteiger partial charge >= 0.3 is 5.97 Å². The molecule has 0 heterocycles. The third-order valence-electron chi connectivity index (χ3n) is 2.80. The topological polar surface area (TPSA) is 128 Å². The fourth-order valence-corrected chi connectivity index (χ4v) is 1.65. The molecule has 116 valence electrons. The summed E-state index contributed by atoms with van der Waals surface area (Å²) in [6.45, 7) is 2.10. The van der Waals surface area contributed by atoms with Gasteiger partial charge in [0.05, 0.1) is 11.4 Å². The van der Waals surface area contributed by atoms with Crippen LogP contribution in [0.4, 0.5) is 11.4 Å². The number of aryl methyl sites for hydroxylation is 1. The first-order valence-electron chi connectivity index (χ1n) is 6.67. The monoisotopic (exact) mass is 302 g/mol. The molecule has 0 unspecified atom stereocenters. The zero-order valence-electron chi connectivity index (χ0n) is 12.2. The average molecular weight is 302 g/mol. The first-order chi connectivity index (χ1) is 10.4. The first-order valence-corrected chi connectivity index (χ1v) is 6.67. The highest BCUT2D eigenvalue weighted by Crippen LogP contribution is 2.19. The summed E-state index contributed by atoms with van der Waals surface area (Å²) in [5, 5.41) is 22.8. The van der Waals surface area contributed by atoms with Crippen LogP contribution in [0.5, 0.6) is 0 Å². The van der Waals surface area contributed by atoms with Crippen molar-refractivity contribution in [1.29, 1.82) is 5.26 Å². The molecule has 0 spiro atoms. The van der Waals surface area contributed by atoms with E-state index in [1.54, 1.807) is 18.2 Å². The van der Waals surface area contributed by atoms with Crippen molar-refractivity contribution in [3.8, 4) is 6.07 Å². The quantitative estimate of drug-likeness (QED) is 0.261. The van der Waals surface area contributed by atoms with E-state index in [0.29, 0.717) is 17.8 Å². The van der Waals surface area contributed by atoms with Crippen molar-refractivity contribution >= 4 is 23.3 Å². The lowest BCUT2D eigenvalue weighted by atomic mass is 10.2. The summed E-state index contributed by atoms with van der Waals surface area (Å²) in [5.41, 5.74) is 7.81. The van der Waals surface area contributed by atoms with Crippen molar-refractivity contribution in [3.63, 3.8) is 0 Å². The smallest absolute Gasteiger partial charge is 0.303 e. The van der Waals surface area contributed by atoms with Gasteiger partial charge in [0.25, 0.3) is 5.91 Å². The Morgan fingerprint density at radius 3 is 2.77 bits per heavy atom. The number of carbonyl (C=O) groups is 2. The molecule has 1 rings (SSSR count). The van der Waals surface area contributed by atoms with Gasteiger partial charge in [-0.3, -0.25) is 9.59 Å². The second-order valence-electron chi connectivity index (χ2n) is 4.66. The van der Waals surface area contributed by atoms with Gasteiger partial charge < -0.3 is 21.5 Å². The molecule has 0 atom stereocenters. The highest BCUT2D eigenvalue weighted by atomic mass is 16.4. The summed E-state index contributed by atoms with van der Waals surface area (Å²) < 4.78 is 0. The molecule has 0 bridgehead atoms. The van der Waals surface area contributed by atoms with Crippen molar-refractivity contribution in [2.45, 2.75) is 19.8 Å². The number of benzene rings is 1. The number of anilines is 2. The summed E-state index contributed by atoms with van der Waals surface area (Å²) in [6, 6.07) is 7.16. The van der Waals surface area contributed by atoms with Gasteiger partial charge in [0.2, 0.25) is 0 Å². The third kappa shape index (κ3) is 5.54. The maximum atomic E-state index is 11.8. The number of nitrogens with one attached hydrogen (secondary N) is 2. The standard InChI is InChI=1S/C15H18N4O3/c1-10-4-5-13(12(17)7-10)19-9-11(8-16)15(22)18-6-2-3-14(20)21/h4-5,7,9,19H,2-3,6,17H2,1H3,(H,18,22)(H,20,21)/b11-9-. The molecule has 0 radical (unpaired) electrons. The average Bonchev–Trinajstić information content (AvgIpc) is 2.46. The number of nitriles is 1. The van der Waals surface area contributed by atoms with Crippen LogP contribution >= 0.6 is 0 Å². The molecule has 1 aromatic carbocycles. The Morgan fingerprint density at radius 2 is 2.18 bits per heavy atom. The number of carboxylic acid groups (broad SMARTS) is 1. The van der Waals surface area contributed by atoms with Gasteiger partial charge in [-0.15, -0.1) is 0 Å². The molecule has 7 heteroatoms. The zero-order chi connectivity index (χ0) is 16.5. The van der Waals surface area contributed by atoms with Crippen LogP contribution in [-0.2, 0) is 9.59 Å². The van der Waals surface area contributed by atoms with Crippen molar-refractivity contribution < 1.29 is 14.7 Å². The molecule has 0 aliphatic carbocycles. The Hall–Kier alpha value is -3.01. The fourth-order valence-electron chi connectivity index (χ4n) is 1.65. The molecule has 5 N–H and O–H groups in total. The summed E-state index contributed by atoms with van der Waals surface area (Å²) >= 11 is 0. The molecule has 22 heavy (non-hydrogen) atoms. The van der Waals surface area contributed by atoms with Gasteiger partial charge in [0, 0.05) is 19.2 Å². The minimum atomic E-state index is -0.929. The van der Waals surface area contributed by atoms with Crippen LogP contribution in [0.25, 0.3) is 0 Å². The van der Waals surface area contributed by atoms with E-state index in [2.05, 4.69) is 10.6 Å². The number of hydrogen-bond acceptors (Lipinski definition) is 5. The highest BCUT2D eigenvalue weighted by Gasteiger charge is 2.08. The predicted octanol–water partition coefficient (Wildman–Crippen LogP) is 1.38. The predicted molar refractivity (Wildman–Crippen MR) is 82.8 cm³/mol. The van der Waals surface area contributed by atoms with Crippen LogP contribution in [0, 0.1) is 18.3 Å². The van der Waals surface area contributed by atoms with Crippen molar-refractivity contribution in [1.82, 2.24) is 5.32 Å². The van der Waals surface area contributed by atoms with Gasteiger partial charge in [-0.1, -0.05) is 6.07 Å². The summed E-state index contributed by atoms with van der Waals surface area (Å²) in [5.74, 6) is -1.49. The molecule has 0 saturated carbocycles. The van der Waals surface area contributed by atoms with E-state index in [1.807, 2.05) is 13.0 Å². The summed E-state index contributed by atoms with van der Waals surface area (Å²) in [6.07, 6.45) is 1.54. The highest BCUT2D eigenvalue weighted by molar-refractivity contribution is 5.97. The van der Waals surface area contributed by atoms with Gasteiger partial charge in [0.15, 0.2) is 0 Å². The van der Waals surface area contributed by atoms with Gasteiger partial charge in [-0.25, -0.2) is 0 Å². The fraction of sp³-hybridized carbons (Fsp3) is 0.267. The van der Waals surface area contributed by atoms with Crippen LogP contribution in [0.1, 0.15) is 18.4 Å². The van der Waals surface area contributed by atoms with E-state index in [4.69, 9.17) is 16.1 Å². The van der Waals surface area contributed by atoms with Crippen LogP contribution in [0.15, 0.2) is 30.0 Å². The summed E-state index contributed by atoms with van der Waals surface area (Å²) in [4.78, 5) is 22.1. The van der Waals surface area contributed by atoms with E-state index in [0.717, 1.165) is 5.56 Å². The molecular formula is C15H18N4O3. The van der Waals surface area contributed by atoms with E-state index < -0.39 is 11.9 Å². The molecule has 0 saturated heterocycles. The Balaban J connectivity index is 2.60. The number of hydrogen-bond donors (Lipinski definition) is 4. The maximum absolute atomic E-state index is 11.8. The van der Waals surface area contributed by atoms with E-state index in [-0.39, 0.29) is 18.5 Å². The molecule has 1 aromatic rings. The number of carbonyl (C=O) groups excluding carboxylic acids is 1. The van der Waals surface area contributed by atoms with E-state index in [1.165, 1.54) is 6.20 Å². The van der Waals surface area contributed by atoms with Crippen molar-refractivity contribution in [3.05, 3.63) is 35.5 Å². The minimum absolute atomic E-state index is 0.0377. The molecule has 1 amide bonds. The Morgan fingerprint density at radius 1 is 1.45 bits per heavy atom. The number of rotatable bonds is 7. The van der Waals surface area contributed by atoms with Crippen LogP contribution in [-0.4, -0.2) is 23.5 Å². The second kappa shape index (κ2) is 8.32. The second-order valence-corrected chi connectivity index (χ2v) is 4.66. The van der Waals surface area contributed by atoms with Crippen LogP contribution in [0.3, 0.4) is 0 Å². The lowest BCUT2D eigenvalue weighted by molar-refractivity contribution is -0.137. The number of nitrogens with two attached hydrogens (primary N) is 1. The lowest BCUT2D eigenvalue weighted by Gasteiger charge is -2.07. The molecular weight excluding hydrogens is 284 g/mol. The van der Waals surface area contributed by atoms with Crippen molar-refractivity contribution in [2.75, 3.05) is 17.6 Å². The van der Waals surface area contributed by atoms with E-state index in [9.17, 15) is 9.59 Å². The van der Waals surface area contributed by atoms with Crippen LogP contribution < -0.4 is 16.4 Å². The zero-order valence-corrected chi connectivity index (χ0v) is 12.2. The number of aliphatic carboxylic acids is 1. The number of nitrogen functional groups attached to an aromatic ring is 1. The molecule has 7 nitrogen and oxygen atoms in total. The summed E-state index contributed by atoms with van der Waals surface area (Å²) in [7, 11) is 0. The molecule has 0 fully saturated rings. The molecule has 0 aliphatic heterocycles. The molecule has 0 aliphatic rings. The maximum Gasteiger partial charge on any atom is 0.303 e. The Kier molecular flexibility index (Phi) is 6.44. The number of amides is 1. The lowest BCUT2D eigenvalue weighted by Crippen LogP contribution is -2.26. The Bertz CT molecular complexity index is 632. The van der Waals surface area contributed by atoms with E-state index >= 15 is 0 Å². The largest absolute Gasteiger partial charge is 0.481 e.